The van der Waals surface area contributed by atoms with Gasteiger partial charge in [0.2, 0.25) is 0 Å². The summed E-state index contributed by atoms with van der Waals surface area (Å²) in [6, 6.07) is 11.4. The van der Waals surface area contributed by atoms with Crippen LogP contribution in [0.3, 0.4) is 0 Å². The van der Waals surface area contributed by atoms with E-state index in [1.165, 1.54) is 57.2 Å². The number of rotatable bonds is 5. The highest BCUT2D eigenvalue weighted by molar-refractivity contribution is 5.14. The van der Waals surface area contributed by atoms with Crippen LogP contribution >= 0.6 is 0 Å². The molecule has 1 atom stereocenters. The van der Waals surface area contributed by atoms with E-state index in [0.717, 1.165) is 13.0 Å². The van der Waals surface area contributed by atoms with Crippen LogP contribution in [-0.2, 0) is 6.42 Å². The van der Waals surface area contributed by atoms with E-state index < -0.39 is 0 Å². The van der Waals surface area contributed by atoms with Crippen LogP contribution in [0, 0.1) is 0 Å². The van der Waals surface area contributed by atoms with Crippen LogP contribution in [0.15, 0.2) is 30.3 Å². The zero-order valence-electron chi connectivity index (χ0n) is 12.1. The number of aryl methyl sites for hydroxylation is 1. The minimum absolute atomic E-state index is 0.568. The monoisotopic (exact) mass is 260 g/mol. The Kier molecular flexibility index (Phi) is 6.38. The van der Waals surface area contributed by atoms with Crippen molar-refractivity contribution >= 4 is 0 Å². The van der Waals surface area contributed by atoms with Crippen molar-refractivity contribution < 1.29 is 0 Å². The summed E-state index contributed by atoms with van der Waals surface area (Å²) >= 11 is 0. The summed E-state index contributed by atoms with van der Waals surface area (Å²) in [5, 5.41) is 0. The van der Waals surface area contributed by atoms with E-state index in [-0.39, 0.29) is 0 Å². The lowest BCUT2D eigenvalue weighted by atomic mass is 10.0. The van der Waals surface area contributed by atoms with E-state index in [4.69, 9.17) is 5.73 Å². The van der Waals surface area contributed by atoms with Crippen molar-refractivity contribution in [1.29, 1.82) is 0 Å². The standard InChI is InChI=1S/C17H28N2/c18-15-17(12-11-16-9-5-4-6-10-16)19-13-7-2-1-3-8-14-19/h4-6,9-10,17H,1-3,7-8,11-15,18H2. The third-order valence-corrected chi connectivity index (χ3v) is 4.29. The van der Waals surface area contributed by atoms with Gasteiger partial charge in [0.25, 0.3) is 0 Å². The Hall–Kier alpha value is -0.860. The van der Waals surface area contributed by atoms with Gasteiger partial charge in [0, 0.05) is 12.6 Å². The van der Waals surface area contributed by atoms with Gasteiger partial charge in [-0.1, -0.05) is 49.6 Å². The Labute approximate surface area is 118 Å². The molecule has 1 saturated heterocycles. The van der Waals surface area contributed by atoms with E-state index in [9.17, 15) is 0 Å². The van der Waals surface area contributed by atoms with Crippen LogP contribution < -0.4 is 5.73 Å². The maximum absolute atomic E-state index is 6.02. The average molecular weight is 260 g/mol. The number of nitrogens with two attached hydrogens (primary N) is 1. The molecule has 2 nitrogen and oxygen atoms in total. The Balaban J connectivity index is 1.84. The van der Waals surface area contributed by atoms with Gasteiger partial charge in [0.15, 0.2) is 0 Å². The number of hydrogen-bond donors (Lipinski definition) is 1. The lowest BCUT2D eigenvalue weighted by Crippen LogP contribution is -2.42. The maximum Gasteiger partial charge on any atom is 0.0221 e. The molecule has 1 fully saturated rings. The fourth-order valence-electron chi connectivity index (χ4n) is 3.06. The maximum atomic E-state index is 6.02. The van der Waals surface area contributed by atoms with E-state index in [0.29, 0.717) is 6.04 Å². The third kappa shape index (κ3) is 4.96. The smallest absolute Gasteiger partial charge is 0.0221 e. The van der Waals surface area contributed by atoms with Crippen molar-refractivity contribution in [2.45, 2.75) is 51.0 Å². The topological polar surface area (TPSA) is 29.3 Å². The van der Waals surface area contributed by atoms with Gasteiger partial charge in [-0.15, -0.1) is 0 Å². The van der Waals surface area contributed by atoms with Crippen molar-refractivity contribution in [2.24, 2.45) is 5.73 Å². The van der Waals surface area contributed by atoms with Gasteiger partial charge in [0.1, 0.15) is 0 Å². The van der Waals surface area contributed by atoms with Gasteiger partial charge < -0.3 is 5.73 Å². The van der Waals surface area contributed by atoms with Crippen LogP contribution in [0.1, 0.15) is 44.1 Å². The van der Waals surface area contributed by atoms with E-state index in [2.05, 4.69) is 35.2 Å². The Morgan fingerprint density at radius 3 is 2.21 bits per heavy atom. The van der Waals surface area contributed by atoms with Crippen LogP contribution in [0.25, 0.3) is 0 Å². The first-order valence-electron chi connectivity index (χ1n) is 7.88. The third-order valence-electron chi connectivity index (χ3n) is 4.29. The summed E-state index contributed by atoms with van der Waals surface area (Å²) in [7, 11) is 0. The SMILES string of the molecule is NCC(CCc1ccccc1)N1CCCCCCC1. The van der Waals surface area contributed by atoms with E-state index >= 15 is 0 Å². The molecule has 1 aliphatic heterocycles. The minimum Gasteiger partial charge on any atom is -0.329 e. The normalized spacial score (nSPS) is 19.6. The number of likely N-dealkylation sites (tertiary alicyclic amines) is 1. The van der Waals surface area contributed by atoms with Gasteiger partial charge in [-0.3, -0.25) is 4.90 Å². The molecule has 1 aromatic carbocycles. The molecule has 1 heterocycles. The second kappa shape index (κ2) is 8.34. The first-order chi connectivity index (χ1) is 9.40. The first-order valence-corrected chi connectivity index (χ1v) is 7.88. The summed E-state index contributed by atoms with van der Waals surface area (Å²) in [6.07, 6.45) is 9.26. The molecular weight excluding hydrogens is 232 g/mol. The summed E-state index contributed by atoms with van der Waals surface area (Å²) in [5.41, 5.74) is 7.45. The molecule has 0 aliphatic carbocycles. The molecule has 0 spiro atoms. The highest BCUT2D eigenvalue weighted by Gasteiger charge is 2.17. The van der Waals surface area contributed by atoms with Crippen LogP contribution in [0.5, 0.6) is 0 Å². The number of hydrogen-bond acceptors (Lipinski definition) is 2. The molecule has 0 bridgehead atoms. The highest BCUT2D eigenvalue weighted by atomic mass is 15.2. The minimum atomic E-state index is 0.568. The van der Waals surface area contributed by atoms with Gasteiger partial charge in [0.05, 0.1) is 0 Å². The lowest BCUT2D eigenvalue weighted by Gasteiger charge is -2.32. The van der Waals surface area contributed by atoms with E-state index in [1.54, 1.807) is 0 Å². The molecular formula is C17H28N2. The van der Waals surface area contributed by atoms with Crippen LogP contribution in [0.4, 0.5) is 0 Å². The lowest BCUT2D eigenvalue weighted by molar-refractivity contribution is 0.174. The second-order valence-corrected chi connectivity index (χ2v) is 5.72. The molecule has 106 valence electrons. The highest BCUT2D eigenvalue weighted by Crippen LogP contribution is 2.15. The summed E-state index contributed by atoms with van der Waals surface area (Å²) in [4.78, 5) is 2.64. The Bertz CT molecular complexity index is 328. The van der Waals surface area contributed by atoms with Gasteiger partial charge in [-0.2, -0.15) is 0 Å². The quantitative estimate of drug-likeness (QED) is 0.881. The van der Waals surface area contributed by atoms with Crippen molar-refractivity contribution in [1.82, 2.24) is 4.90 Å². The van der Waals surface area contributed by atoms with Crippen molar-refractivity contribution in [3.63, 3.8) is 0 Å². The molecule has 2 N–H and O–H groups in total. The zero-order valence-corrected chi connectivity index (χ0v) is 12.1. The molecule has 0 amide bonds. The second-order valence-electron chi connectivity index (χ2n) is 5.72. The molecule has 2 rings (SSSR count). The predicted octanol–water partition coefficient (Wildman–Crippen LogP) is 3.21. The molecule has 0 aromatic heterocycles. The van der Waals surface area contributed by atoms with Crippen molar-refractivity contribution in [3.8, 4) is 0 Å². The number of nitrogens with zero attached hydrogens (tertiary/aromatic N) is 1. The average Bonchev–Trinajstić information content (AvgIpc) is 2.42. The van der Waals surface area contributed by atoms with Gasteiger partial charge >= 0.3 is 0 Å². The fourth-order valence-corrected chi connectivity index (χ4v) is 3.06. The van der Waals surface area contributed by atoms with Gasteiger partial charge in [-0.25, -0.2) is 0 Å². The van der Waals surface area contributed by atoms with Crippen molar-refractivity contribution in [3.05, 3.63) is 35.9 Å². The van der Waals surface area contributed by atoms with Crippen LogP contribution in [0.2, 0.25) is 0 Å². The van der Waals surface area contributed by atoms with E-state index in [1.807, 2.05) is 0 Å². The van der Waals surface area contributed by atoms with Crippen molar-refractivity contribution in [2.75, 3.05) is 19.6 Å². The van der Waals surface area contributed by atoms with Crippen LogP contribution in [-0.4, -0.2) is 30.6 Å². The molecule has 1 unspecified atom stereocenters. The molecule has 1 aromatic rings. The summed E-state index contributed by atoms with van der Waals surface area (Å²) in [6.45, 7) is 3.29. The summed E-state index contributed by atoms with van der Waals surface area (Å²) in [5.74, 6) is 0. The number of benzene rings is 1. The molecule has 0 saturated carbocycles. The summed E-state index contributed by atoms with van der Waals surface area (Å²) < 4.78 is 0. The largest absolute Gasteiger partial charge is 0.329 e. The molecule has 2 heteroatoms. The van der Waals surface area contributed by atoms with Gasteiger partial charge in [-0.05, 0) is 44.3 Å². The molecule has 0 radical (unpaired) electrons. The molecule has 1 aliphatic rings. The zero-order chi connectivity index (χ0) is 13.3. The Morgan fingerprint density at radius 2 is 1.58 bits per heavy atom. The fraction of sp³-hybridized carbons (Fsp3) is 0.647. The first kappa shape index (κ1) is 14.5. The molecule has 19 heavy (non-hydrogen) atoms. The Morgan fingerprint density at radius 1 is 0.947 bits per heavy atom. The predicted molar refractivity (Wildman–Crippen MR) is 82.3 cm³/mol.